The van der Waals surface area contributed by atoms with E-state index in [2.05, 4.69) is 57.3 Å². The zero-order valence-corrected chi connectivity index (χ0v) is 18.4. The molecule has 1 fully saturated rings. The number of carbonyl (C=O) groups excluding carboxylic acids is 2. The van der Waals surface area contributed by atoms with Crippen LogP contribution in [0.4, 0.5) is 0 Å². The van der Waals surface area contributed by atoms with E-state index in [9.17, 15) is 9.59 Å². The van der Waals surface area contributed by atoms with Gasteiger partial charge in [-0.1, -0.05) is 74.9 Å². The molecule has 30 heavy (non-hydrogen) atoms. The first kappa shape index (κ1) is 20.6. The second kappa shape index (κ2) is 7.90. The van der Waals surface area contributed by atoms with E-state index >= 15 is 0 Å². The number of hydrogen-bond donors (Lipinski definition) is 1. The van der Waals surface area contributed by atoms with Crippen LogP contribution < -0.4 is 5.32 Å². The Hall–Kier alpha value is -2.62. The summed E-state index contributed by atoms with van der Waals surface area (Å²) in [4.78, 5) is 28.8. The minimum Gasteiger partial charge on any atom is -0.342 e. The van der Waals surface area contributed by atoms with Crippen LogP contribution in [-0.4, -0.2) is 28.8 Å². The maximum Gasteiger partial charge on any atom is 0.246 e. The van der Waals surface area contributed by atoms with Crippen molar-refractivity contribution in [1.82, 2.24) is 10.2 Å². The maximum atomic E-state index is 13.7. The van der Waals surface area contributed by atoms with Crippen LogP contribution >= 0.6 is 0 Å². The molecule has 0 radical (unpaired) electrons. The molecule has 4 rings (SSSR count). The molecule has 2 aliphatic rings. The molecule has 1 N–H and O–H groups in total. The van der Waals surface area contributed by atoms with Crippen LogP contribution in [0.3, 0.4) is 0 Å². The van der Waals surface area contributed by atoms with Gasteiger partial charge in [0.1, 0.15) is 12.1 Å². The van der Waals surface area contributed by atoms with E-state index in [1.807, 2.05) is 29.2 Å². The van der Waals surface area contributed by atoms with Crippen molar-refractivity contribution in [2.75, 3.05) is 0 Å². The van der Waals surface area contributed by atoms with E-state index in [4.69, 9.17) is 0 Å². The zero-order valence-electron chi connectivity index (χ0n) is 18.4. The van der Waals surface area contributed by atoms with E-state index in [-0.39, 0.29) is 23.1 Å². The Bertz CT molecular complexity index is 935. The van der Waals surface area contributed by atoms with Gasteiger partial charge in [-0.2, -0.15) is 0 Å². The van der Waals surface area contributed by atoms with Gasteiger partial charge in [0.2, 0.25) is 11.8 Å². The normalized spacial score (nSPS) is 22.2. The Morgan fingerprint density at radius 2 is 1.67 bits per heavy atom. The molecule has 0 spiro atoms. The van der Waals surface area contributed by atoms with Crippen molar-refractivity contribution in [2.45, 2.75) is 65.6 Å². The van der Waals surface area contributed by atoms with Crippen molar-refractivity contribution < 1.29 is 9.59 Å². The number of benzene rings is 2. The second-order valence-electron chi connectivity index (χ2n) is 10.2. The summed E-state index contributed by atoms with van der Waals surface area (Å²) in [5, 5.41) is 3.11. The number of piperazine rings is 1. The van der Waals surface area contributed by atoms with Gasteiger partial charge in [0.25, 0.3) is 0 Å². The number of nitrogens with zero attached hydrogens (tertiary/aromatic N) is 1. The summed E-state index contributed by atoms with van der Waals surface area (Å²) in [5.41, 5.74) is 4.78. The average Bonchev–Trinajstić information content (AvgIpc) is 3.10. The van der Waals surface area contributed by atoms with E-state index < -0.39 is 12.1 Å². The molecule has 4 heteroatoms. The number of aryl methyl sites for hydroxylation is 1. The van der Waals surface area contributed by atoms with Crippen LogP contribution in [0.5, 0.6) is 0 Å². The fraction of sp³-hybridized carbons (Fsp3) is 0.462. The lowest BCUT2D eigenvalue weighted by Crippen LogP contribution is -2.65. The molecule has 1 aliphatic carbocycles. The number of amides is 2. The van der Waals surface area contributed by atoms with Crippen LogP contribution in [0.25, 0.3) is 0 Å². The van der Waals surface area contributed by atoms with Gasteiger partial charge >= 0.3 is 0 Å². The van der Waals surface area contributed by atoms with Crippen molar-refractivity contribution in [3.05, 3.63) is 70.8 Å². The topological polar surface area (TPSA) is 49.4 Å². The summed E-state index contributed by atoms with van der Waals surface area (Å²) in [7, 11) is 0. The van der Waals surface area contributed by atoms with Gasteiger partial charge < -0.3 is 10.2 Å². The lowest BCUT2D eigenvalue weighted by molar-refractivity contribution is -0.152. The summed E-state index contributed by atoms with van der Waals surface area (Å²) in [6.45, 7) is 8.89. The predicted molar refractivity (Wildman–Crippen MR) is 119 cm³/mol. The monoisotopic (exact) mass is 404 g/mol. The van der Waals surface area contributed by atoms with Crippen LogP contribution in [0.2, 0.25) is 0 Å². The summed E-state index contributed by atoms with van der Waals surface area (Å²) >= 11 is 0. The van der Waals surface area contributed by atoms with Gasteiger partial charge in [0.05, 0.1) is 0 Å². The summed E-state index contributed by atoms with van der Waals surface area (Å²) in [6.07, 6.45) is 2.33. The summed E-state index contributed by atoms with van der Waals surface area (Å²) < 4.78 is 0. The van der Waals surface area contributed by atoms with Crippen molar-refractivity contribution in [3.63, 3.8) is 0 Å². The zero-order chi connectivity index (χ0) is 21.5. The number of rotatable bonds is 4. The summed E-state index contributed by atoms with van der Waals surface area (Å²) in [6, 6.07) is 15.7. The number of nitrogens with one attached hydrogen (secondary N) is 1. The molecule has 1 saturated heterocycles. The lowest BCUT2D eigenvalue weighted by Gasteiger charge is -2.43. The van der Waals surface area contributed by atoms with E-state index in [0.717, 1.165) is 24.0 Å². The third kappa shape index (κ3) is 4.28. The predicted octanol–water partition coefficient (Wildman–Crippen LogP) is 4.04. The van der Waals surface area contributed by atoms with Crippen LogP contribution in [0.1, 0.15) is 49.4 Å². The molecular weight excluding hydrogens is 372 g/mol. The number of carbonyl (C=O) groups is 2. The van der Waals surface area contributed by atoms with Crippen molar-refractivity contribution in [1.29, 1.82) is 0 Å². The molecule has 1 heterocycles. The van der Waals surface area contributed by atoms with Crippen LogP contribution in [0.15, 0.2) is 48.5 Å². The van der Waals surface area contributed by atoms with Gasteiger partial charge in [0, 0.05) is 6.54 Å². The molecule has 1 aliphatic heterocycles. The van der Waals surface area contributed by atoms with E-state index in [1.54, 1.807) is 0 Å². The number of fused-ring (bicyclic) bond motifs is 1. The number of hydrogen-bond acceptors (Lipinski definition) is 2. The van der Waals surface area contributed by atoms with Crippen molar-refractivity contribution in [3.8, 4) is 0 Å². The molecule has 0 bridgehead atoms. The first-order chi connectivity index (χ1) is 14.2. The van der Waals surface area contributed by atoms with Gasteiger partial charge in [-0.25, -0.2) is 0 Å². The van der Waals surface area contributed by atoms with Crippen molar-refractivity contribution >= 4 is 11.8 Å². The van der Waals surface area contributed by atoms with Gasteiger partial charge in [-0.15, -0.1) is 0 Å². The molecule has 2 aromatic rings. The standard InChI is InChI=1S/C26H32N2O2/c1-17-8-7-9-18(12-17)16-28-22(15-26(2,3)4)24(29)27-23(25(28)30)21-13-19-10-5-6-11-20(19)14-21/h5-12,21-23H,13-16H2,1-4H3,(H,27,29)/t22-,23-/m1/s1. The van der Waals surface area contributed by atoms with Crippen LogP contribution in [-0.2, 0) is 29.0 Å². The average molecular weight is 405 g/mol. The smallest absolute Gasteiger partial charge is 0.246 e. The molecule has 0 aromatic heterocycles. The SMILES string of the molecule is Cc1cccc(CN2C(=O)[C@@H](C3Cc4ccccc4C3)NC(=O)[C@H]2CC(C)(C)C)c1. The third-order valence-electron chi connectivity index (χ3n) is 6.32. The molecule has 2 atom stereocenters. The Morgan fingerprint density at radius 3 is 2.27 bits per heavy atom. The molecular formula is C26H32N2O2. The maximum absolute atomic E-state index is 13.7. The minimum absolute atomic E-state index is 0.0156. The Balaban J connectivity index is 1.61. The van der Waals surface area contributed by atoms with E-state index in [0.29, 0.717) is 13.0 Å². The molecule has 0 unspecified atom stereocenters. The minimum atomic E-state index is -0.453. The molecule has 158 valence electrons. The fourth-order valence-corrected chi connectivity index (χ4v) is 4.91. The Morgan fingerprint density at radius 1 is 1.00 bits per heavy atom. The fourth-order valence-electron chi connectivity index (χ4n) is 4.91. The highest BCUT2D eigenvalue weighted by Crippen LogP contribution is 2.33. The largest absolute Gasteiger partial charge is 0.342 e. The summed E-state index contributed by atoms with van der Waals surface area (Å²) in [5.74, 6) is 0.163. The first-order valence-corrected chi connectivity index (χ1v) is 10.9. The third-order valence-corrected chi connectivity index (χ3v) is 6.32. The molecule has 4 nitrogen and oxygen atoms in total. The van der Waals surface area contributed by atoms with Gasteiger partial charge in [-0.3, -0.25) is 9.59 Å². The highest BCUT2D eigenvalue weighted by Gasteiger charge is 2.45. The highest BCUT2D eigenvalue weighted by atomic mass is 16.2. The quantitative estimate of drug-likeness (QED) is 0.836. The first-order valence-electron chi connectivity index (χ1n) is 10.9. The van der Waals surface area contributed by atoms with Crippen LogP contribution in [0, 0.1) is 18.3 Å². The lowest BCUT2D eigenvalue weighted by atomic mass is 9.84. The van der Waals surface area contributed by atoms with Gasteiger partial charge in [-0.05, 0) is 54.2 Å². The Kier molecular flexibility index (Phi) is 5.44. The van der Waals surface area contributed by atoms with Crippen molar-refractivity contribution in [2.24, 2.45) is 11.3 Å². The highest BCUT2D eigenvalue weighted by molar-refractivity contribution is 5.97. The van der Waals surface area contributed by atoms with E-state index in [1.165, 1.54) is 11.1 Å². The molecule has 2 amide bonds. The Labute approximate surface area is 179 Å². The molecule has 2 aromatic carbocycles. The second-order valence-corrected chi connectivity index (χ2v) is 10.2. The van der Waals surface area contributed by atoms with Gasteiger partial charge in [0.15, 0.2) is 0 Å². The molecule has 0 saturated carbocycles.